The maximum absolute atomic E-state index is 11.9. The second-order valence-electron chi connectivity index (χ2n) is 5.41. The third-order valence-corrected chi connectivity index (χ3v) is 4.32. The first-order chi connectivity index (χ1) is 10.1. The number of nitrogens with one attached hydrogen (secondary N) is 2. The molecule has 6 nitrogen and oxygen atoms in total. The van der Waals surface area contributed by atoms with E-state index in [9.17, 15) is 9.59 Å². The molecule has 0 bridgehead atoms. The monoisotopic (exact) mass is 317 g/mol. The summed E-state index contributed by atoms with van der Waals surface area (Å²) in [5.41, 5.74) is 0. The Morgan fingerprint density at radius 2 is 2.05 bits per heavy atom. The van der Waals surface area contributed by atoms with Gasteiger partial charge < -0.3 is 20.6 Å². The molecule has 1 fully saturated rings. The van der Waals surface area contributed by atoms with E-state index in [1.165, 1.54) is 0 Å². The minimum Gasteiger partial charge on any atom is -0.480 e. The van der Waals surface area contributed by atoms with Crippen molar-refractivity contribution in [2.75, 3.05) is 31.6 Å². The normalized spacial score (nSPS) is 18.2. The molecule has 0 radical (unpaired) electrons. The summed E-state index contributed by atoms with van der Waals surface area (Å²) in [7, 11) is 0. The van der Waals surface area contributed by atoms with Crippen LogP contribution in [0.4, 0.5) is 4.79 Å². The van der Waals surface area contributed by atoms with Crippen molar-refractivity contribution < 1.29 is 14.7 Å². The average Bonchev–Trinajstić information content (AvgIpc) is 2.45. The molecule has 1 aliphatic rings. The van der Waals surface area contributed by atoms with Gasteiger partial charge in [0, 0.05) is 19.1 Å². The lowest BCUT2D eigenvalue weighted by Crippen LogP contribution is -2.51. The zero-order valence-corrected chi connectivity index (χ0v) is 13.7. The Kier molecular flexibility index (Phi) is 8.52. The number of carbonyl (C=O) groups excluding carboxylic acids is 1. The van der Waals surface area contributed by atoms with E-state index in [0.29, 0.717) is 12.2 Å². The Hall–Kier alpha value is -0.950. The summed E-state index contributed by atoms with van der Waals surface area (Å²) in [6.45, 7) is 5.26. The number of carbonyl (C=O) groups is 2. The van der Waals surface area contributed by atoms with Crippen LogP contribution in [0.25, 0.3) is 0 Å². The smallest absolute Gasteiger partial charge is 0.326 e. The van der Waals surface area contributed by atoms with Crippen molar-refractivity contribution in [1.29, 1.82) is 0 Å². The molecule has 0 saturated carbocycles. The molecule has 1 heterocycles. The number of piperidine rings is 1. The van der Waals surface area contributed by atoms with Gasteiger partial charge >= 0.3 is 12.0 Å². The van der Waals surface area contributed by atoms with Crippen LogP contribution in [0, 0.1) is 0 Å². The van der Waals surface area contributed by atoms with Gasteiger partial charge in [-0.1, -0.05) is 6.92 Å². The van der Waals surface area contributed by atoms with Crippen molar-refractivity contribution >= 4 is 23.8 Å². The minimum absolute atomic E-state index is 0.146. The van der Waals surface area contributed by atoms with Crippen LogP contribution in [0.3, 0.4) is 0 Å². The highest BCUT2D eigenvalue weighted by atomic mass is 32.2. The van der Waals surface area contributed by atoms with E-state index in [1.807, 2.05) is 6.26 Å². The molecule has 1 rings (SSSR count). The molecule has 0 unspecified atom stereocenters. The number of carboxylic acid groups (broad SMARTS) is 1. The van der Waals surface area contributed by atoms with Gasteiger partial charge in [0.1, 0.15) is 6.04 Å². The van der Waals surface area contributed by atoms with Crippen molar-refractivity contribution in [1.82, 2.24) is 15.5 Å². The first kappa shape index (κ1) is 18.1. The van der Waals surface area contributed by atoms with Crippen LogP contribution in [-0.4, -0.2) is 65.7 Å². The first-order valence-electron chi connectivity index (χ1n) is 7.58. The van der Waals surface area contributed by atoms with Crippen LogP contribution >= 0.6 is 11.8 Å². The zero-order valence-electron chi connectivity index (χ0n) is 12.9. The molecule has 0 aromatic rings. The molecule has 1 atom stereocenters. The van der Waals surface area contributed by atoms with Gasteiger partial charge in [-0.25, -0.2) is 9.59 Å². The third-order valence-electron chi connectivity index (χ3n) is 3.68. The van der Waals surface area contributed by atoms with E-state index in [2.05, 4.69) is 22.5 Å². The fourth-order valence-corrected chi connectivity index (χ4v) is 2.97. The highest BCUT2D eigenvalue weighted by molar-refractivity contribution is 7.98. The molecular weight excluding hydrogens is 290 g/mol. The Labute approximate surface area is 131 Å². The zero-order chi connectivity index (χ0) is 15.7. The molecule has 0 aliphatic carbocycles. The maximum Gasteiger partial charge on any atom is 0.326 e. The SMILES string of the molecule is CCCN1CCC(NC(=O)N[C@H](CCSC)C(=O)O)CC1. The van der Waals surface area contributed by atoms with Crippen molar-refractivity contribution in [3.8, 4) is 0 Å². The van der Waals surface area contributed by atoms with E-state index in [4.69, 9.17) is 5.11 Å². The second-order valence-corrected chi connectivity index (χ2v) is 6.39. The van der Waals surface area contributed by atoms with Crippen molar-refractivity contribution in [3.05, 3.63) is 0 Å². The molecule has 1 aliphatic heterocycles. The summed E-state index contributed by atoms with van der Waals surface area (Å²) in [6, 6.07) is -1.02. The number of hydrogen-bond donors (Lipinski definition) is 3. The summed E-state index contributed by atoms with van der Waals surface area (Å²) in [5, 5.41) is 14.5. The van der Waals surface area contributed by atoms with Gasteiger partial charge in [0.05, 0.1) is 0 Å². The van der Waals surface area contributed by atoms with Gasteiger partial charge in [-0.3, -0.25) is 0 Å². The lowest BCUT2D eigenvalue weighted by molar-refractivity contribution is -0.139. The number of nitrogens with zero attached hydrogens (tertiary/aromatic N) is 1. The topological polar surface area (TPSA) is 81.7 Å². The molecule has 0 aromatic heterocycles. The molecular formula is C14H27N3O3S. The molecule has 7 heteroatoms. The number of urea groups is 1. The van der Waals surface area contributed by atoms with E-state index in [-0.39, 0.29) is 12.1 Å². The predicted molar refractivity (Wildman–Crippen MR) is 85.8 cm³/mol. The first-order valence-corrected chi connectivity index (χ1v) is 8.97. The molecule has 1 saturated heterocycles. The molecule has 3 N–H and O–H groups in total. The number of hydrogen-bond acceptors (Lipinski definition) is 4. The van der Waals surface area contributed by atoms with Crippen LogP contribution in [-0.2, 0) is 4.79 Å². The van der Waals surface area contributed by atoms with E-state index in [0.717, 1.165) is 38.9 Å². The fraction of sp³-hybridized carbons (Fsp3) is 0.857. The molecule has 2 amide bonds. The highest BCUT2D eigenvalue weighted by Crippen LogP contribution is 2.10. The van der Waals surface area contributed by atoms with E-state index in [1.54, 1.807) is 11.8 Å². The average molecular weight is 317 g/mol. The Balaban J connectivity index is 2.31. The fourth-order valence-electron chi connectivity index (χ4n) is 2.50. The minimum atomic E-state index is -0.975. The summed E-state index contributed by atoms with van der Waals surface area (Å²) in [5.74, 6) is -0.260. The Bertz CT molecular complexity index is 333. The van der Waals surface area contributed by atoms with Gasteiger partial charge in [0.2, 0.25) is 0 Å². The van der Waals surface area contributed by atoms with Gasteiger partial charge in [-0.15, -0.1) is 0 Å². The van der Waals surface area contributed by atoms with Gasteiger partial charge in [0.15, 0.2) is 0 Å². The standard InChI is InChI=1S/C14H27N3O3S/c1-3-7-17-8-4-11(5-9-17)15-14(20)16-12(13(18)19)6-10-21-2/h11-12H,3-10H2,1-2H3,(H,18,19)(H2,15,16,20)/t12-/m1/s1. The van der Waals surface area contributed by atoms with E-state index < -0.39 is 12.0 Å². The lowest BCUT2D eigenvalue weighted by atomic mass is 10.1. The maximum atomic E-state index is 11.9. The van der Waals surface area contributed by atoms with Gasteiger partial charge in [0.25, 0.3) is 0 Å². The number of thioether (sulfide) groups is 1. The van der Waals surface area contributed by atoms with Crippen LogP contribution in [0.5, 0.6) is 0 Å². The van der Waals surface area contributed by atoms with Crippen LogP contribution in [0.1, 0.15) is 32.6 Å². The summed E-state index contributed by atoms with van der Waals surface area (Å²) in [4.78, 5) is 25.4. The lowest BCUT2D eigenvalue weighted by Gasteiger charge is -2.32. The van der Waals surface area contributed by atoms with Crippen molar-refractivity contribution in [3.63, 3.8) is 0 Å². The Morgan fingerprint density at radius 1 is 1.38 bits per heavy atom. The highest BCUT2D eigenvalue weighted by Gasteiger charge is 2.23. The van der Waals surface area contributed by atoms with Gasteiger partial charge in [-0.2, -0.15) is 11.8 Å². The number of rotatable bonds is 8. The number of likely N-dealkylation sites (tertiary alicyclic amines) is 1. The quantitative estimate of drug-likeness (QED) is 0.630. The third kappa shape index (κ3) is 7.04. The largest absolute Gasteiger partial charge is 0.480 e. The summed E-state index contributed by atoms with van der Waals surface area (Å²) >= 11 is 1.57. The summed E-state index contributed by atoms with van der Waals surface area (Å²) < 4.78 is 0. The molecule has 21 heavy (non-hydrogen) atoms. The van der Waals surface area contributed by atoms with Crippen molar-refractivity contribution in [2.45, 2.75) is 44.7 Å². The van der Waals surface area contributed by atoms with Crippen LogP contribution in [0.15, 0.2) is 0 Å². The van der Waals surface area contributed by atoms with Crippen LogP contribution in [0.2, 0.25) is 0 Å². The number of carboxylic acids is 1. The number of aliphatic carboxylic acids is 1. The second kappa shape index (κ2) is 9.89. The molecule has 122 valence electrons. The van der Waals surface area contributed by atoms with Crippen LogP contribution < -0.4 is 10.6 Å². The molecule has 0 spiro atoms. The Morgan fingerprint density at radius 3 is 2.57 bits per heavy atom. The molecule has 0 aromatic carbocycles. The van der Waals surface area contributed by atoms with Crippen molar-refractivity contribution in [2.24, 2.45) is 0 Å². The number of amides is 2. The predicted octanol–water partition coefficient (Wildman–Crippen LogP) is 1.37. The van der Waals surface area contributed by atoms with E-state index >= 15 is 0 Å². The van der Waals surface area contributed by atoms with Gasteiger partial charge in [-0.05, 0) is 44.2 Å². The summed E-state index contributed by atoms with van der Waals surface area (Å²) in [6.07, 6.45) is 5.36.